The zero-order valence-corrected chi connectivity index (χ0v) is 20.5. The number of halogens is 2. The van der Waals surface area contributed by atoms with E-state index in [2.05, 4.69) is 98.1 Å². The molecule has 26 heavy (non-hydrogen) atoms. The Morgan fingerprint density at radius 3 is 1.35 bits per heavy atom. The topological polar surface area (TPSA) is 0 Å². The second-order valence-electron chi connectivity index (χ2n) is 4.88. The van der Waals surface area contributed by atoms with Crippen molar-refractivity contribution >= 4 is 31.1 Å². The van der Waals surface area contributed by atoms with Gasteiger partial charge in [-0.25, -0.2) is 0 Å². The van der Waals surface area contributed by atoms with Crippen LogP contribution in [0.4, 0.5) is 0 Å². The standard InChI is InChI=1S/2C9H7.C4H6Si.2ClH.Hf/c2*1-2-5-9-7-3-6-8(9)4-1;1-3-5-4-2;;;/h2*1-7H;3-4H,1-2H2;2*1H;/q2*-1;;;;+4/p-2. The molecule has 0 aliphatic rings. The van der Waals surface area contributed by atoms with E-state index in [1.807, 2.05) is 11.4 Å². The summed E-state index contributed by atoms with van der Waals surface area (Å²) in [4.78, 5) is 0. The summed E-state index contributed by atoms with van der Waals surface area (Å²) in [5.74, 6) is 0. The first kappa shape index (κ1) is 27.0. The molecule has 0 nitrogen and oxygen atoms in total. The van der Waals surface area contributed by atoms with E-state index in [-0.39, 0.29) is 50.7 Å². The molecule has 0 spiro atoms. The van der Waals surface area contributed by atoms with Crippen molar-refractivity contribution in [3.63, 3.8) is 0 Å². The molecule has 0 bridgehead atoms. The molecule has 4 heteroatoms. The predicted octanol–water partition coefficient (Wildman–Crippen LogP) is 0.101. The fourth-order valence-corrected chi connectivity index (χ4v) is 2.39. The average Bonchev–Trinajstić information content (AvgIpc) is 3.26. The van der Waals surface area contributed by atoms with Crippen molar-refractivity contribution in [2.24, 2.45) is 0 Å². The number of rotatable bonds is 2. The van der Waals surface area contributed by atoms with Crippen LogP contribution in [0.2, 0.25) is 0 Å². The van der Waals surface area contributed by atoms with E-state index in [0.29, 0.717) is 0 Å². The molecule has 0 saturated heterocycles. The van der Waals surface area contributed by atoms with E-state index >= 15 is 0 Å². The third kappa shape index (κ3) is 8.95. The Balaban J connectivity index is 0. The molecule has 4 rings (SSSR count). The quantitative estimate of drug-likeness (QED) is 0.241. The van der Waals surface area contributed by atoms with Crippen LogP contribution < -0.4 is 24.8 Å². The molecule has 2 radical (unpaired) electrons. The Bertz CT molecular complexity index is 732. The minimum absolute atomic E-state index is 0. The van der Waals surface area contributed by atoms with Crippen molar-refractivity contribution < 1.29 is 50.7 Å². The summed E-state index contributed by atoms with van der Waals surface area (Å²) >= 11 is 0. The van der Waals surface area contributed by atoms with E-state index in [1.165, 1.54) is 21.5 Å². The fraction of sp³-hybridized carbons (Fsp3) is 0. The van der Waals surface area contributed by atoms with Crippen LogP contribution in [-0.2, 0) is 25.8 Å². The summed E-state index contributed by atoms with van der Waals surface area (Å²) < 4.78 is 0. The van der Waals surface area contributed by atoms with Crippen LogP contribution in [0.15, 0.2) is 109 Å². The van der Waals surface area contributed by atoms with Crippen molar-refractivity contribution in [1.82, 2.24) is 0 Å². The SMILES string of the molecule is C=C[Si]C=C.[Cl-].[Cl-].[Hf+4].c1ccc2[cH-]ccc2c1.c1ccc2[cH-]ccc2c1. The van der Waals surface area contributed by atoms with Crippen LogP contribution in [0.5, 0.6) is 0 Å². The molecule has 0 saturated carbocycles. The molecule has 4 aromatic rings. The van der Waals surface area contributed by atoms with Crippen LogP contribution >= 0.6 is 0 Å². The van der Waals surface area contributed by atoms with Gasteiger partial charge in [0.15, 0.2) is 0 Å². The third-order valence-electron chi connectivity index (χ3n) is 3.33. The first-order valence-corrected chi connectivity index (χ1v) is 8.69. The first-order valence-electron chi connectivity index (χ1n) is 7.54. The van der Waals surface area contributed by atoms with Gasteiger partial charge in [-0.3, -0.25) is 0 Å². The molecule has 0 fully saturated rings. The van der Waals surface area contributed by atoms with Crippen LogP contribution in [0.3, 0.4) is 0 Å². The number of fused-ring (bicyclic) bond motifs is 2. The minimum Gasteiger partial charge on any atom is -1.00 e. The summed E-state index contributed by atoms with van der Waals surface area (Å²) in [6.07, 6.45) is 0. The van der Waals surface area contributed by atoms with E-state index in [9.17, 15) is 0 Å². The molecule has 0 heterocycles. The summed E-state index contributed by atoms with van der Waals surface area (Å²) in [6.45, 7) is 6.98. The second-order valence-corrected chi connectivity index (χ2v) is 6.03. The molecule has 4 aromatic carbocycles. The first-order chi connectivity index (χ1) is 11.3. The molecule has 0 aliphatic heterocycles. The third-order valence-corrected chi connectivity index (χ3v) is 3.80. The average molecular weight is 562 g/mol. The van der Waals surface area contributed by atoms with Crippen LogP contribution in [0, 0.1) is 0 Å². The minimum atomic E-state index is 0. The largest absolute Gasteiger partial charge is 4.00 e. The number of hydrogen-bond acceptors (Lipinski definition) is 0. The van der Waals surface area contributed by atoms with E-state index in [0.717, 1.165) is 9.52 Å². The van der Waals surface area contributed by atoms with Gasteiger partial charge in [-0.1, -0.05) is 12.1 Å². The van der Waals surface area contributed by atoms with Gasteiger partial charge in [0, 0.05) is 0 Å². The van der Waals surface area contributed by atoms with Crippen molar-refractivity contribution in [1.29, 1.82) is 0 Å². The molecule has 0 unspecified atom stereocenters. The monoisotopic (exact) mass is 562 g/mol. The van der Waals surface area contributed by atoms with Crippen molar-refractivity contribution in [3.05, 3.63) is 109 Å². The van der Waals surface area contributed by atoms with Crippen molar-refractivity contribution in [2.45, 2.75) is 0 Å². The molecule has 0 aromatic heterocycles. The zero-order chi connectivity index (χ0) is 16.3. The Kier molecular flexibility index (Phi) is 16.6. The van der Waals surface area contributed by atoms with Gasteiger partial charge < -0.3 is 24.8 Å². The summed E-state index contributed by atoms with van der Waals surface area (Å²) in [5, 5.41) is 5.32. The van der Waals surface area contributed by atoms with Gasteiger partial charge in [-0.15, -0.1) is 83.9 Å². The summed E-state index contributed by atoms with van der Waals surface area (Å²) in [6, 6.07) is 29.3. The van der Waals surface area contributed by atoms with E-state index < -0.39 is 0 Å². The van der Waals surface area contributed by atoms with Crippen LogP contribution in [0.1, 0.15) is 0 Å². The molecule has 0 atom stereocenters. The Morgan fingerprint density at radius 1 is 0.654 bits per heavy atom. The number of benzene rings is 2. The Morgan fingerprint density at radius 2 is 1.04 bits per heavy atom. The van der Waals surface area contributed by atoms with Gasteiger partial charge in [-0.2, -0.15) is 35.0 Å². The van der Waals surface area contributed by atoms with Crippen LogP contribution in [-0.4, -0.2) is 9.52 Å². The van der Waals surface area contributed by atoms with Crippen LogP contribution in [0.25, 0.3) is 21.5 Å². The predicted molar refractivity (Wildman–Crippen MR) is 105 cm³/mol. The Labute approximate surface area is 190 Å². The van der Waals surface area contributed by atoms with E-state index in [1.54, 1.807) is 0 Å². The van der Waals surface area contributed by atoms with Gasteiger partial charge >= 0.3 is 25.8 Å². The maximum atomic E-state index is 3.49. The fourth-order valence-electron chi connectivity index (χ4n) is 2.22. The number of hydrogen-bond donors (Lipinski definition) is 0. The van der Waals surface area contributed by atoms with Crippen molar-refractivity contribution in [3.8, 4) is 0 Å². The van der Waals surface area contributed by atoms with Gasteiger partial charge in [0.1, 0.15) is 0 Å². The maximum absolute atomic E-state index is 3.49. The smallest absolute Gasteiger partial charge is 1.00 e. The second kappa shape index (κ2) is 16.0. The molecule has 0 amide bonds. The van der Waals surface area contributed by atoms with Gasteiger partial charge in [0.05, 0.1) is 9.52 Å². The van der Waals surface area contributed by atoms with Gasteiger partial charge in [0.2, 0.25) is 0 Å². The summed E-state index contributed by atoms with van der Waals surface area (Å²) in [5.41, 5.74) is 3.68. The Hall–Kier alpha value is -1.19. The van der Waals surface area contributed by atoms with Crippen molar-refractivity contribution in [2.75, 3.05) is 0 Å². The molecule has 130 valence electrons. The zero-order valence-electron chi connectivity index (χ0n) is 14.4. The molecule has 0 aliphatic carbocycles. The maximum Gasteiger partial charge on any atom is 4.00 e. The van der Waals surface area contributed by atoms with E-state index in [4.69, 9.17) is 0 Å². The summed E-state index contributed by atoms with van der Waals surface area (Å²) in [7, 11) is 0.725. The normalized spacial score (nSPS) is 8.31. The van der Waals surface area contributed by atoms with Gasteiger partial charge in [-0.05, 0) is 0 Å². The molecular weight excluding hydrogens is 542 g/mol. The molecular formula is C22H20Cl2HfSi. The molecule has 0 N–H and O–H groups in total. The van der Waals surface area contributed by atoms with Gasteiger partial charge in [0.25, 0.3) is 0 Å².